The topological polar surface area (TPSA) is 70.7 Å². The van der Waals surface area contributed by atoms with Gasteiger partial charge in [-0.2, -0.15) is 0 Å². The lowest BCUT2D eigenvalue weighted by Gasteiger charge is -2.31. The van der Waals surface area contributed by atoms with Crippen molar-refractivity contribution in [3.05, 3.63) is 46.2 Å². The molecule has 1 aromatic carbocycles. The number of thiophene rings is 1. The quantitative estimate of drug-likeness (QED) is 0.581. The SMILES string of the molecule is O=C(CCCOc1ccc2c(c1)CCC(=O)N2)NCC1CCN(Cc2cccs2)CC1. The van der Waals surface area contributed by atoms with E-state index in [0.717, 1.165) is 62.4 Å². The van der Waals surface area contributed by atoms with Crippen molar-refractivity contribution in [1.82, 2.24) is 10.2 Å². The fourth-order valence-electron chi connectivity index (χ4n) is 4.19. The molecule has 31 heavy (non-hydrogen) atoms. The van der Waals surface area contributed by atoms with E-state index >= 15 is 0 Å². The number of nitrogens with zero attached hydrogens (tertiary/aromatic N) is 1. The number of amides is 2. The minimum absolute atomic E-state index is 0.0658. The average molecular weight is 442 g/mol. The fraction of sp³-hybridized carbons (Fsp3) is 0.500. The first-order valence-electron chi connectivity index (χ1n) is 11.2. The van der Waals surface area contributed by atoms with Crippen LogP contribution < -0.4 is 15.4 Å². The van der Waals surface area contributed by atoms with Crippen LogP contribution in [-0.2, 0) is 22.6 Å². The molecule has 3 heterocycles. The Bertz CT molecular complexity index is 876. The number of fused-ring (bicyclic) bond motifs is 1. The van der Waals surface area contributed by atoms with Crippen molar-refractivity contribution in [2.45, 2.75) is 45.1 Å². The first-order valence-corrected chi connectivity index (χ1v) is 12.1. The third-order valence-electron chi connectivity index (χ3n) is 6.04. The Balaban J connectivity index is 1.08. The maximum Gasteiger partial charge on any atom is 0.224 e. The van der Waals surface area contributed by atoms with Gasteiger partial charge in [0, 0.05) is 36.5 Å². The van der Waals surface area contributed by atoms with Crippen LogP contribution in [0.2, 0.25) is 0 Å². The number of anilines is 1. The van der Waals surface area contributed by atoms with E-state index in [0.29, 0.717) is 31.8 Å². The third-order valence-corrected chi connectivity index (χ3v) is 6.90. The molecule has 0 unspecified atom stereocenters. The summed E-state index contributed by atoms with van der Waals surface area (Å²) in [5.74, 6) is 1.55. The van der Waals surface area contributed by atoms with Gasteiger partial charge >= 0.3 is 0 Å². The van der Waals surface area contributed by atoms with Gasteiger partial charge in [0.25, 0.3) is 0 Å². The van der Waals surface area contributed by atoms with Crippen molar-refractivity contribution in [2.75, 3.05) is 31.6 Å². The van der Waals surface area contributed by atoms with Crippen molar-refractivity contribution in [3.8, 4) is 5.75 Å². The molecular weight excluding hydrogens is 410 g/mol. The molecular formula is C24H31N3O3S. The van der Waals surface area contributed by atoms with Gasteiger partial charge < -0.3 is 15.4 Å². The van der Waals surface area contributed by atoms with Crippen molar-refractivity contribution >= 4 is 28.8 Å². The molecule has 2 amide bonds. The zero-order chi connectivity index (χ0) is 21.5. The number of hydrogen-bond donors (Lipinski definition) is 2. The molecule has 6 nitrogen and oxygen atoms in total. The van der Waals surface area contributed by atoms with Crippen molar-refractivity contribution in [1.29, 1.82) is 0 Å². The van der Waals surface area contributed by atoms with Crippen LogP contribution in [0.1, 0.15) is 42.5 Å². The van der Waals surface area contributed by atoms with Gasteiger partial charge in [0.2, 0.25) is 11.8 Å². The molecule has 0 bridgehead atoms. The number of piperidine rings is 1. The standard InChI is InChI=1S/C24H31N3O3S/c28-23(25-16-18-9-11-27(12-10-18)17-21-3-2-14-31-21)4-1-13-30-20-6-7-22-19(15-20)5-8-24(29)26-22/h2-3,6-7,14-15,18H,1,4-5,8-13,16-17H2,(H,25,28)(H,26,29). The first kappa shape index (κ1) is 21.8. The molecule has 1 saturated heterocycles. The highest BCUT2D eigenvalue weighted by Crippen LogP contribution is 2.27. The zero-order valence-corrected chi connectivity index (χ0v) is 18.7. The van der Waals surface area contributed by atoms with Crippen LogP contribution in [0.25, 0.3) is 0 Å². The number of carbonyl (C=O) groups excluding carboxylic acids is 2. The van der Waals surface area contributed by atoms with Gasteiger partial charge in [-0.05, 0) is 79.9 Å². The van der Waals surface area contributed by atoms with Crippen LogP contribution in [0.15, 0.2) is 35.7 Å². The summed E-state index contributed by atoms with van der Waals surface area (Å²) in [5.41, 5.74) is 1.98. The highest BCUT2D eigenvalue weighted by atomic mass is 32.1. The van der Waals surface area contributed by atoms with Gasteiger partial charge in [-0.25, -0.2) is 0 Å². The number of benzene rings is 1. The van der Waals surface area contributed by atoms with Gasteiger partial charge in [-0.1, -0.05) is 6.07 Å². The van der Waals surface area contributed by atoms with Crippen LogP contribution in [0.3, 0.4) is 0 Å². The number of nitrogens with one attached hydrogen (secondary N) is 2. The van der Waals surface area contributed by atoms with E-state index in [1.807, 2.05) is 29.5 Å². The number of carbonyl (C=O) groups is 2. The molecule has 1 aromatic heterocycles. The summed E-state index contributed by atoms with van der Waals surface area (Å²) in [6.45, 7) is 4.56. The molecule has 2 N–H and O–H groups in total. The number of aryl methyl sites for hydroxylation is 1. The number of hydrogen-bond acceptors (Lipinski definition) is 5. The molecule has 2 aliphatic heterocycles. The molecule has 1 fully saturated rings. The zero-order valence-electron chi connectivity index (χ0n) is 17.9. The van der Waals surface area contributed by atoms with E-state index in [1.54, 1.807) is 0 Å². The molecule has 0 spiro atoms. The predicted molar refractivity (Wildman–Crippen MR) is 123 cm³/mol. The van der Waals surface area contributed by atoms with Crippen LogP contribution >= 0.6 is 11.3 Å². The molecule has 0 aliphatic carbocycles. The lowest BCUT2D eigenvalue weighted by atomic mass is 9.96. The molecule has 0 radical (unpaired) electrons. The summed E-state index contributed by atoms with van der Waals surface area (Å²) in [4.78, 5) is 27.5. The van der Waals surface area contributed by atoms with E-state index < -0.39 is 0 Å². The molecule has 2 aliphatic rings. The molecule has 2 aromatic rings. The monoisotopic (exact) mass is 441 g/mol. The number of rotatable bonds is 9. The van der Waals surface area contributed by atoms with E-state index in [4.69, 9.17) is 4.74 Å². The summed E-state index contributed by atoms with van der Waals surface area (Å²) in [6, 6.07) is 10.1. The van der Waals surface area contributed by atoms with E-state index in [2.05, 4.69) is 33.0 Å². The van der Waals surface area contributed by atoms with E-state index in [9.17, 15) is 9.59 Å². The van der Waals surface area contributed by atoms with E-state index in [1.165, 1.54) is 4.88 Å². The van der Waals surface area contributed by atoms with Crippen LogP contribution in [-0.4, -0.2) is 43.0 Å². The lowest BCUT2D eigenvalue weighted by Crippen LogP contribution is -2.38. The Morgan fingerprint density at radius 2 is 2.10 bits per heavy atom. The van der Waals surface area contributed by atoms with Gasteiger partial charge in [0.1, 0.15) is 5.75 Å². The third kappa shape index (κ3) is 6.55. The van der Waals surface area contributed by atoms with Gasteiger partial charge in [0.15, 0.2) is 0 Å². The minimum atomic E-state index is 0.0658. The maximum atomic E-state index is 12.2. The second kappa shape index (κ2) is 10.8. The second-order valence-corrected chi connectivity index (χ2v) is 9.45. The Kier molecular flexibility index (Phi) is 7.59. The average Bonchev–Trinajstić information content (AvgIpc) is 3.29. The van der Waals surface area contributed by atoms with Crippen LogP contribution in [0, 0.1) is 5.92 Å². The smallest absolute Gasteiger partial charge is 0.224 e. The Hall–Kier alpha value is -2.38. The lowest BCUT2D eigenvalue weighted by molar-refractivity contribution is -0.121. The Labute approximate surface area is 188 Å². The Morgan fingerprint density at radius 1 is 1.23 bits per heavy atom. The highest BCUT2D eigenvalue weighted by Gasteiger charge is 2.20. The Morgan fingerprint density at radius 3 is 2.90 bits per heavy atom. The maximum absolute atomic E-state index is 12.2. The summed E-state index contributed by atoms with van der Waals surface area (Å²) in [7, 11) is 0. The number of likely N-dealkylation sites (tertiary alicyclic amines) is 1. The molecule has 7 heteroatoms. The van der Waals surface area contributed by atoms with Gasteiger partial charge in [-0.3, -0.25) is 14.5 Å². The predicted octanol–water partition coefficient (Wildman–Crippen LogP) is 3.82. The number of ether oxygens (including phenoxy) is 1. The van der Waals surface area contributed by atoms with Crippen molar-refractivity contribution < 1.29 is 14.3 Å². The van der Waals surface area contributed by atoms with Gasteiger partial charge in [-0.15, -0.1) is 11.3 Å². The second-order valence-electron chi connectivity index (χ2n) is 8.42. The normalized spacial score (nSPS) is 17.1. The largest absolute Gasteiger partial charge is 0.494 e. The molecule has 4 rings (SSSR count). The van der Waals surface area contributed by atoms with Crippen molar-refractivity contribution in [2.24, 2.45) is 5.92 Å². The summed E-state index contributed by atoms with van der Waals surface area (Å²) < 4.78 is 5.80. The first-order chi connectivity index (χ1) is 15.2. The molecule has 0 atom stereocenters. The highest BCUT2D eigenvalue weighted by molar-refractivity contribution is 7.09. The van der Waals surface area contributed by atoms with Crippen molar-refractivity contribution in [3.63, 3.8) is 0 Å². The summed E-state index contributed by atoms with van der Waals surface area (Å²) in [5, 5.41) is 8.11. The molecule has 166 valence electrons. The van der Waals surface area contributed by atoms with Crippen LogP contribution in [0.4, 0.5) is 5.69 Å². The summed E-state index contributed by atoms with van der Waals surface area (Å²) in [6.07, 6.45) is 4.73. The van der Waals surface area contributed by atoms with Crippen LogP contribution in [0.5, 0.6) is 5.75 Å². The minimum Gasteiger partial charge on any atom is -0.494 e. The molecule has 0 saturated carbocycles. The fourth-order valence-corrected chi connectivity index (χ4v) is 4.94. The van der Waals surface area contributed by atoms with Gasteiger partial charge in [0.05, 0.1) is 6.61 Å². The summed E-state index contributed by atoms with van der Waals surface area (Å²) >= 11 is 1.82. The van der Waals surface area contributed by atoms with E-state index in [-0.39, 0.29) is 11.8 Å².